The van der Waals surface area contributed by atoms with Crippen molar-refractivity contribution >= 4 is 6.16 Å². The third kappa shape index (κ3) is 6.10. The molecule has 1 saturated carbocycles. The second-order valence-corrected chi connectivity index (χ2v) is 4.80. The smallest absolute Gasteiger partial charge is 0.434 e. The fraction of sp³-hybridized carbons (Fsp3) is 0.900. The first-order valence-electron chi connectivity index (χ1n) is 6.23. The first-order chi connectivity index (χ1) is 9.77. The fourth-order valence-electron chi connectivity index (χ4n) is 2.05. The second kappa shape index (κ2) is 7.45. The van der Waals surface area contributed by atoms with E-state index in [1.54, 1.807) is 13.8 Å². The number of rotatable bonds is 7. The molecule has 0 spiro atoms. The molecular formula is C10H16N2O9. The van der Waals surface area contributed by atoms with Gasteiger partial charge in [0.25, 0.3) is 10.2 Å². The quantitative estimate of drug-likeness (QED) is 0.384. The Kier molecular flexibility index (Phi) is 5.93. The van der Waals surface area contributed by atoms with Crippen molar-refractivity contribution in [1.29, 1.82) is 0 Å². The number of ether oxygens (including phenoxy) is 2. The molecule has 0 N–H and O–H groups in total. The van der Waals surface area contributed by atoms with Gasteiger partial charge in [-0.1, -0.05) is 0 Å². The molecule has 0 aromatic heterocycles. The maximum Gasteiger partial charge on any atom is 0.508 e. The Labute approximate surface area is 119 Å². The highest BCUT2D eigenvalue weighted by Gasteiger charge is 2.40. The van der Waals surface area contributed by atoms with Crippen molar-refractivity contribution in [3.8, 4) is 0 Å². The molecule has 2 atom stereocenters. The molecule has 0 aliphatic heterocycles. The van der Waals surface area contributed by atoms with Crippen molar-refractivity contribution in [3.63, 3.8) is 0 Å². The molecule has 21 heavy (non-hydrogen) atoms. The maximum absolute atomic E-state index is 11.2. The lowest BCUT2D eigenvalue weighted by atomic mass is 10.1. The van der Waals surface area contributed by atoms with E-state index in [4.69, 9.17) is 9.47 Å². The molecule has 11 heteroatoms. The Morgan fingerprint density at radius 3 is 2.00 bits per heavy atom. The topological polar surface area (TPSA) is 140 Å². The predicted octanol–water partition coefficient (Wildman–Crippen LogP) is 1.11. The molecule has 0 bridgehead atoms. The summed E-state index contributed by atoms with van der Waals surface area (Å²) in [6.45, 7) is 3.22. The zero-order valence-electron chi connectivity index (χ0n) is 11.5. The third-order valence-electron chi connectivity index (χ3n) is 2.76. The Balaban J connectivity index is 2.48. The molecule has 0 saturated heterocycles. The molecule has 0 amide bonds. The Hall–Kier alpha value is -2.33. The number of hydrogen-bond acceptors (Lipinski definition) is 9. The lowest BCUT2D eigenvalue weighted by Crippen LogP contribution is -2.30. The van der Waals surface area contributed by atoms with Crippen LogP contribution in [-0.2, 0) is 19.1 Å². The van der Waals surface area contributed by atoms with Gasteiger partial charge in [0.2, 0.25) is 0 Å². The predicted molar refractivity (Wildman–Crippen MR) is 64.0 cm³/mol. The summed E-state index contributed by atoms with van der Waals surface area (Å²) in [6, 6.07) is 0. The highest BCUT2D eigenvalue weighted by atomic mass is 17.0. The van der Waals surface area contributed by atoms with Gasteiger partial charge in [-0.05, 0) is 32.6 Å². The van der Waals surface area contributed by atoms with Gasteiger partial charge in [-0.2, -0.15) is 0 Å². The monoisotopic (exact) mass is 308 g/mol. The van der Waals surface area contributed by atoms with Crippen LogP contribution in [0.1, 0.15) is 26.7 Å². The van der Waals surface area contributed by atoms with E-state index in [-0.39, 0.29) is 31.5 Å². The maximum atomic E-state index is 11.2. The second-order valence-electron chi connectivity index (χ2n) is 4.80. The van der Waals surface area contributed by atoms with E-state index < -0.39 is 28.5 Å². The van der Waals surface area contributed by atoms with Crippen LogP contribution in [0, 0.1) is 26.1 Å². The number of carbonyl (C=O) groups is 1. The molecule has 120 valence electrons. The summed E-state index contributed by atoms with van der Waals surface area (Å²) in [4.78, 5) is 40.6. The first-order valence-corrected chi connectivity index (χ1v) is 6.23. The molecule has 1 aliphatic carbocycles. The van der Waals surface area contributed by atoms with Crippen molar-refractivity contribution < 1.29 is 34.1 Å². The lowest BCUT2D eigenvalue weighted by molar-refractivity contribution is -0.797. The fourth-order valence-corrected chi connectivity index (χ4v) is 2.05. The van der Waals surface area contributed by atoms with Crippen LogP contribution in [0.25, 0.3) is 0 Å². The summed E-state index contributed by atoms with van der Waals surface area (Å²) in [5.74, 6) is -0.348. The Morgan fingerprint density at radius 1 is 1.14 bits per heavy atom. The zero-order chi connectivity index (χ0) is 16.0. The zero-order valence-corrected chi connectivity index (χ0v) is 11.5. The van der Waals surface area contributed by atoms with Crippen LogP contribution in [0.3, 0.4) is 0 Å². The van der Waals surface area contributed by atoms with Gasteiger partial charge in [-0.3, -0.25) is 0 Å². The van der Waals surface area contributed by atoms with Crippen molar-refractivity contribution in [1.82, 2.24) is 0 Å². The molecule has 0 heterocycles. The van der Waals surface area contributed by atoms with E-state index in [0.717, 1.165) is 0 Å². The minimum absolute atomic E-state index is 0.0826. The number of hydrogen-bond donors (Lipinski definition) is 0. The summed E-state index contributed by atoms with van der Waals surface area (Å²) >= 11 is 0. The standard InChI is InChI=1S/C10H16N2O9/c1-6(2)19-10(13)18-5-7-3-8(20-11(14)15)9(4-7)21-12(16)17/h6-9H,3-5H2,1-2H3. The average Bonchev–Trinajstić information content (AvgIpc) is 2.66. The van der Waals surface area contributed by atoms with Crippen molar-refractivity contribution in [2.75, 3.05) is 6.61 Å². The molecule has 11 nitrogen and oxygen atoms in total. The summed E-state index contributed by atoms with van der Waals surface area (Å²) in [5, 5.41) is 18.6. The summed E-state index contributed by atoms with van der Waals surface area (Å²) in [7, 11) is 0. The SMILES string of the molecule is CC(C)OC(=O)OCC1CC(O[N+](=O)[O-])C(O[N+](=O)[O-])C1. The van der Waals surface area contributed by atoms with Gasteiger partial charge in [0.1, 0.15) is 12.2 Å². The van der Waals surface area contributed by atoms with Gasteiger partial charge in [-0.15, -0.1) is 20.2 Å². The minimum atomic E-state index is -1.07. The number of carbonyl (C=O) groups excluding carboxylic acids is 1. The van der Waals surface area contributed by atoms with Crippen LogP contribution < -0.4 is 0 Å². The number of nitrogens with zero attached hydrogens (tertiary/aromatic N) is 2. The minimum Gasteiger partial charge on any atom is -0.434 e. The molecule has 0 aromatic rings. The van der Waals surface area contributed by atoms with E-state index in [2.05, 4.69) is 9.68 Å². The van der Waals surface area contributed by atoms with Crippen LogP contribution in [0.2, 0.25) is 0 Å². The lowest BCUT2D eigenvalue weighted by Gasteiger charge is -2.14. The molecule has 1 rings (SSSR count). The third-order valence-corrected chi connectivity index (χ3v) is 2.76. The molecule has 0 radical (unpaired) electrons. The van der Waals surface area contributed by atoms with E-state index in [9.17, 15) is 25.0 Å². The van der Waals surface area contributed by atoms with Crippen LogP contribution in [-0.4, -0.2) is 41.2 Å². The van der Waals surface area contributed by atoms with Gasteiger partial charge < -0.3 is 19.1 Å². The normalized spacial score (nSPS) is 24.4. The van der Waals surface area contributed by atoms with Crippen LogP contribution in [0.4, 0.5) is 4.79 Å². The first kappa shape index (κ1) is 16.7. The van der Waals surface area contributed by atoms with E-state index in [0.29, 0.717) is 0 Å². The Bertz CT molecular complexity index is 376. The summed E-state index contributed by atoms with van der Waals surface area (Å²) in [6.07, 6.45) is -3.13. The highest BCUT2D eigenvalue weighted by molar-refractivity contribution is 5.60. The van der Waals surface area contributed by atoms with Crippen LogP contribution in [0.15, 0.2) is 0 Å². The van der Waals surface area contributed by atoms with Gasteiger partial charge in [0, 0.05) is 0 Å². The molecule has 1 fully saturated rings. The summed E-state index contributed by atoms with van der Waals surface area (Å²) in [5.41, 5.74) is 0. The van der Waals surface area contributed by atoms with Crippen molar-refractivity contribution in [2.45, 2.75) is 45.0 Å². The van der Waals surface area contributed by atoms with Crippen LogP contribution in [0.5, 0.6) is 0 Å². The van der Waals surface area contributed by atoms with Gasteiger partial charge in [0.15, 0.2) is 0 Å². The van der Waals surface area contributed by atoms with Crippen molar-refractivity contribution in [2.24, 2.45) is 5.92 Å². The Morgan fingerprint density at radius 2 is 1.62 bits per heavy atom. The van der Waals surface area contributed by atoms with Gasteiger partial charge >= 0.3 is 6.16 Å². The summed E-state index contributed by atoms with van der Waals surface area (Å²) < 4.78 is 9.58. The highest BCUT2D eigenvalue weighted by Crippen LogP contribution is 2.31. The average molecular weight is 308 g/mol. The van der Waals surface area contributed by atoms with E-state index >= 15 is 0 Å². The molecule has 2 unspecified atom stereocenters. The largest absolute Gasteiger partial charge is 0.508 e. The van der Waals surface area contributed by atoms with E-state index in [1.165, 1.54) is 0 Å². The molecular weight excluding hydrogens is 292 g/mol. The van der Waals surface area contributed by atoms with Crippen molar-refractivity contribution in [3.05, 3.63) is 20.2 Å². The van der Waals surface area contributed by atoms with Crippen LogP contribution >= 0.6 is 0 Å². The molecule has 0 aromatic carbocycles. The molecule has 1 aliphatic rings. The van der Waals surface area contributed by atoms with E-state index in [1.807, 2.05) is 0 Å². The van der Waals surface area contributed by atoms with Gasteiger partial charge in [-0.25, -0.2) is 4.79 Å². The van der Waals surface area contributed by atoms with Gasteiger partial charge in [0.05, 0.1) is 12.7 Å².